The van der Waals surface area contributed by atoms with E-state index in [9.17, 15) is 4.79 Å². The average molecular weight is 530 g/mol. The van der Waals surface area contributed by atoms with Crippen molar-refractivity contribution < 1.29 is 9.47 Å². The maximum Gasteiger partial charge on any atom is 0.253 e. The Morgan fingerprint density at radius 1 is 1.03 bits per heavy atom. The maximum atomic E-state index is 13.5. The molecule has 0 saturated carbocycles. The number of aromatic amines is 1. The van der Waals surface area contributed by atoms with E-state index in [1.165, 1.54) is 5.56 Å². The maximum absolute atomic E-state index is 13.5. The zero-order chi connectivity index (χ0) is 27.1. The van der Waals surface area contributed by atoms with Crippen LogP contribution in [0.15, 0.2) is 47.3 Å². The molecule has 1 N–H and O–H groups in total. The molecule has 0 bridgehead atoms. The molecule has 10 heteroatoms. The van der Waals surface area contributed by atoms with Gasteiger partial charge in [0.05, 0.1) is 5.54 Å². The second-order valence-corrected chi connectivity index (χ2v) is 11.2. The lowest BCUT2D eigenvalue weighted by Gasteiger charge is -2.39. The number of pyridine rings is 1. The van der Waals surface area contributed by atoms with Crippen LogP contribution in [-0.2, 0) is 12.1 Å². The first kappa shape index (κ1) is 25.5. The highest BCUT2D eigenvalue weighted by atomic mass is 16.7. The molecule has 10 nitrogen and oxygen atoms in total. The summed E-state index contributed by atoms with van der Waals surface area (Å²) in [7, 11) is 0. The molecule has 0 unspecified atom stereocenters. The van der Waals surface area contributed by atoms with Gasteiger partial charge < -0.3 is 14.5 Å². The van der Waals surface area contributed by atoms with Gasteiger partial charge in [-0.15, -0.1) is 5.10 Å². The lowest BCUT2D eigenvalue weighted by Crippen LogP contribution is -2.49. The Labute approximate surface area is 227 Å². The number of fused-ring (bicyclic) bond motifs is 2. The number of aryl methyl sites for hydroxylation is 1. The highest BCUT2D eigenvalue weighted by molar-refractivity contribution is 5.79. The zero-order valence-electron chi connectivity index (χ0n) is 23.0. The van der Waals surface area contributed by atoms with Crippen molar-refractivity contribution >= 4 is 10.9 Å². The number of hydrogen-bond acceptors (Lipinski definition) is 8. The highest BCUT2D eigenvalue weighted by Crippen LogP contribution is 2.34. The van der Waals surface area contributed by atoms with Gasteiger partial charge >= 0.3 is 0 Å². The summed E-state index contributed by atoms with van der Waals surface area (Å²) in [5, 5.41) is 14.0. The molecule has 204 valence electrons. The molecule has 2 aromatic carbocycles. The molecule has 4 heterocycles. The lowest BCUT2D eigenvalue weighted by atomic mass is 9.98. The molecule has 4 aromatic rings. The summed E-state index contributed by atoms with van der Waals surface area (Å²) >= 11 is 0. The third-order valence-electron chi connectivity index (χ3n) is 8.12. The Balaban J connectivity index is 1.32. The Morgan fingerprint density at radius 2 is 1.82 bits per heavy atom. The van der Waals surface area contributed by atoms with Crippen LogP contribution in [0.4, 0.5) is 0 Å². The van der Waals surface area contributed by atoms with E-state index in [4.69, 9.17) is 9.47 Å². The standard InChI is InChI=1S/C29H35N7O3/c1-5-29(3,4)36-27(31-32-33-36)26(22-16-21-14-19(2)6-8-23(21)30-28(22)37)35-12-10-34(11-13-35)17-20-7-9-24-25(15-20)39-18-38-24/h6-9,14-16,26H,5,10-13,17-18H2,1-4H3,(H,30,37)/t26-/m1/s1. The number of nitrogens with one attached hydrogen (secondary N) is 1. The van der Waals surface area contributed by atoms with Crippen LogP contribution in [-0.4, -0.2) is 68.0 Å². The van der Waals surface area contributed by atoms with E-state index in [0.717, 1.165) is 67.1 Å². The van der Waals surface area contributed by atoms with Gasteiger partial charge in [-0.05, 0) is 78.9 Å². The van der Waals surface area contributed by atoms with E-state index in [2.05, 4.69) is 76.2 Å². The lowest BCUT2D eigenvalue weighted by molar-refractivity contribution is 0.0968. The van der Waals surface area contributed by atoms with Crippen molar-refractivity contribution in [3.8, 4) is 11.5 Å². The number of H-pyrrole nitrogens is 1. The van der Waals surface area contributed by atoms with Gasteiger partial charge in [0.25, 0.3) is 5.56 Å². The van der Waals surface area contributed by atoms with E-state index >= 15 is 0 Å². The van der Waals surface area contributed by atoms with Gasteiger partial charge in [-0.25, -0.2) is 4.68 Å². The van der Waals surface area contributed by atoms with E-state index in [0.29, 0.717) is 11.4 Å². The van der Waals surface area contributed by atoms with Crippen molar-refractivity contribution in [1.82, 2.24) is 35.0 Å². The van der Waals surface area contributed by atoms with Crippen LogP contribution < -0.4 is 15.0 Å². The average Bonchev–Trinajstić information content (AvgIpc) is 3.60. The predicted octanol–water partition coefficient (Wildman–Crippen LogP) is 3.60. The van der Waals surface area contributed by atoms with Crippen LogP contribution in [0.1, 0.15) is 55.7 Å². The minimum Gasteiger partial charge on any atom is -0.454 e. The normalized spacial score (nSPS) is 17.1. The number of piperazine rings is 1. The van der Waals surface area contributed by atoms with Crippen molar-refractivity contribution in [1.29, 1.82) is 0 Å². The number of aromatic nitrogens is 5. The summed E-state index contributed by atoms with van der Waals surface area (Å²) in [6, 6.07) is 13.9. The topological polar surface area (TPSA) is 101 Å². The van der Waals surface area contributed by atoms with Gasteiger partial charge in [-0.1, -0.05) is 24.6 Å². The van der Waals surface area contributed by atoms with Crippen molar-refractivity contribution in [3.05, 3.63) is 75.3 Å². The van der Waals surface area contributed by atoms with Crippen molar-refractivity contribution in [2.75, 3.05) is 33.0 Å². The van der Waals surface area contributed by atoms with Gasteiger partial charge in [0.15, 0.2) is 17.3 Å². The van der Waals surface area contributed by atoms with Gasteiger partial charge in [0.2, 0.25) is 6.79 Å². The first-order valence-electron chi connectivity index (χ1n) is 13.6. The molecule has 0 aliphatic carbocycles. The second-order valence-electron chi connectivity index (χ2n) is 11.2. The Bertz CT molecular complexity index is 1550. The van der Waals surface area contributed by atoms with Gasteiger partial charge in [0.1, 0.15) is 6.04 Å². The molecule has 0 radical (unpaired) electrons. The van der Waals surface area contributed by atoms with E-state index in [-0.39, 0.29) is 23.9 Å². The molecule has 6 rings (SSSR count). The Morgan fingerprint density at radius 3 is 2.62 bits per heavy atom. The molecule has 2 aliphatic heterocycles. The van der Waals surface area contributed by atoms with E-state index in [1.807, 2.05) is 28.9 Å². The summed E-state index contributed by atoms with van der Waals surface area (Å²) in [6.07, 6.45) is 0.855. The van der Waals surface area contributed by atoms with Gasteiger partial charge in [-0.2, -0.15) is 0 Å². The number of nitrogens with zero attached hydrogens (tertiary/aromatic N) is 6. The molecule has 0 spiro atoms. The Kier molecular flexibility index (Phi) is 6.60. The molecule has 1 atom stereocenters. The van der Waals surface area contributed by atoms with Crippen LogP contribution in [0.5, 0.6) is 11.5 Å². The number of ether oxygens (including phenoxy) is 2. The van der Waals surface area contributed by atoms with Crippen molar-refractivity contribution in [2.45, 2.75) is 52.2 Å². The number of benzene rings is 2. The summed E-state index contributed by atoms with van der Waals surface area (Å²) in [4.78, 5) is 21.4. The van der Waals surface area contributed by atoms with Crippen LogP contribution >= 0.6 is 0 Å². The first-order valence-corrected chi connectivity index (χ1v) is 13.6. The third-order valence-corrected chi connectivity index (χ3v) is 8.12. The van der Waals surface area contributed by atoms with Gasteiger partial charge in [-0.3, -0.25) is 14.6 Å². The Hall–Kier alpha value is -3.76. The zero-order valence-corrected chi connectivity index (χ0v) is 23.0. The molecule has 1 saturated heterocycles. The molecule has 1 fully saturated rings. The minimum absolute atomic E-state index is 0.108. The largest absolute Gasteiger partial charge is 0.454 e. The molecule has 39 heavy (non-hydrogen) atoms. The fourth-order valence-electron chi connectivity index (χ4n) is 5.47. The van der Waals surface area contributed by atoms with Crippen molar-refractivity contribution in [2.24, 2.45) is 0 Å². The van der Waals surface area contributed by atoms with Crippen LogP contribution in [0.25, 0.3) is 10.9 Å². The van der Waals surface area contributed by atoms with Crippen LogP contribution in [0, 0.1) is 6.92 Å². The number of hydrogen-bond donors (Lipinski definition) is 1. The molecular weight excluding hydrogens is 494 g/mol. The summed E-state index contributed by atoms with van der Waals surface area (Å²) in [5.41, 5.74) is 3.43. The summed E-state index contributed by atoms with van der Waals surface area (Å²) in [5.74, 6) is 2.31. The van der Waals surface area contributed by atoms with Crippen molar-refractivity contribution in [3.63, 3.8) is 0 Å². The summed E-state index contributed by atoms with van der Waals surface area (Å²) in [6.45, 7) is 12.8. The first-order chi connectivity index (χ1) is 18.8. The highest BCUT2D eigenvalue weighted by Gasteiger charge is 2.35. The van der Waals surface area contributed by atoms with Crippen LogP contribution in [0.3, 0.4) is 0 Å². The van der Waals surface area contributed by atoms with Gasteiger partial charge in [0, 0.05) is 43.8 Å². The third kappa shape index (κ3) is 4.90. The fraction of sp³-hybridized carbons (Fsp3) is 0.448. The minimum atomic E-state index is -0.368. The molecule has 0 amide bonds. The fourth-order valence-corrected chi connectivity index (χ4v) is 5.47. The molecule has 2 aromatic heterocycles. The monoisotopic (exact) mass is 529 g/mol. The smallest absolute Gasteiger partial charge is 0.253 e. The SMILES string of the molecule is CCC(C)(C)n1nnnc1[C@@H](c1cc2cc(C)ccc2[nH]c1=O)N1CCN(Cc2ccc3c(c2)OCO3)CC1. The second kappa shape index (κ2) is 10.1. The van der Waals surface area contributed by atoms with E-state index in [1.54, 1.807) is 0 Å². The quantitative estimate of drug-likeness (QED) is 0.388. The van der Waals surface area contributed by atoms with Crippen LogP contribution in [0.2, 0.25) is 0 Å². The number of tetrazole rings is 1. The predicted molar refractivity (Wildman–Crippen MR) is 148 cm³/mol. The summed E-state index contributed by atoms with van der Waals surface area (Å²) < 4.78 is 12.9. The number of rotatable bonds is 7. The van der Waals surface area contributed by atoms with E-state index < -0.39 is 0 Å². The molecule has 2 aliphatic rings. The molecular formula is C29H35N7O3.